The molecule has 0 N–H and O–H groups in total. The number of hydrogen-bond acceptors (Lipinski definition) is 6. The number of carbonyl (C=O) groups is 1. The summed E-state index contributed by atoms with van der Waals surface area (Å²) in [5, 5.41) is 11.0. The molecule has 0 heterocycles. The second kappa shape index (κ2) is 7.98. The lowest BCUT2D eigenvalue weighted by Crippen LogP contribution is -2.11. The molecule has 0 spiro atoms. The van der Waals surface area contributed by atoms with Crippen molar-refractivity contribution in [2.45, 2.75) is 4.90 Å². The molecule has 0 radical (unpaired) electrons. The molecule has 6 nitrogen and oxygen atoms in total. The molecule has 0 amide bonds. The normalized spacial score (nSPS) is 10.2. The third-order valence-electron chi connectivity index (χ3n) is 2.76. The Morgan fingerprint density at radius 3 is 2.57 bits per heavy atom. The summed E-state index contributed by atoms with van der Waals surface area (Å²) in [6.45, 7) is 0. The predicted octanol–water partition coefficient (Wildman–Crippen LogP) is 4.06. The molecule has 0 aliphatic rings. The molecule has 2 rings (SSSR count). The topological polar surface area (TPSA) is 78.7 Å². The van der Waals surface area contributed by atoms with Gasteiger partial charge in [0.05, 0.1) is 23.9 Å². The lowest BCUT2D eigenvalue weighted by atomic mass is 10.3. The van der Waals surface area contributed by atoms with Crippen LogP contribution in [0.1, 0.15) is 0 Å². The Morgan fingerprint density at radius 1 is 1.26 bits per heavy atom. The number of nitro benzene ring substituents is 1. The molecule has 0 aromatic heterocycles. The van der Waals surface area contributed by atoms with Crippen LogP contribution in [0, 0.1) is 10.1 Å². The Bertz CT molecular complexity index is 720. The van der Waals surface area contributed by atoms with E-state index < -0.39 is 10.9 Å². The number of rotatable bonds is 6. The summed E-state index contributed by atoms with van der Waals surface area (Å²) in [6.07, 6.45) is 0. The summed E-state index contributed by atoms with van der Waals surface area (Å²) in [5.41, 5.74) is -0.314. The van der Waals surface area contributed by atoms with Gasteiger partial charge in [-0.05, 0) is 36.4 Å². The van der Waals surface area contributed by atoms with Crippen molar-refractivity contribution in [1.29, 1.82) is 0 Å². The van der Waals surface area contributed by atoms with E-state index in [4.69, 9.17) is 9.47 Å². The molecule has 0 atom stereocenters. The molecule has 8 heteroatoms. The Labute approximate surface area is 145 Å². The molecule has 23 heavy (non-hydrogen) atoms. The number of halogens is 1. The summed E-state index contributed by atoms with van der Waals surface area (Å²) in [6, 6.07) is 11.5. The van der Waals surface area contributed by atoms with Gasteiger partial charge in [-0.2, -0.15) is 0 Å². The van der Waals surface area contributed by atoms with E-state index >= 15 is 0 Å². The van der Waals surface area contributed by atoms with E-state index in [9.17, 15) is 14.9 Å². The molecule has 0 fully saturated rings. The highest BCUT2D eigenvalue weighted by Crippen LogP contribution is 2.31. The number of esters is 1. The molecule has 120 valence electrons. The van der Waals surface area contributed by atoms with Crippen LogP contribution in [0.15, 0.2) is 51.8 Å². The van der Waals surface area contributed by atoms with Crippen molar-refractivity contribution in [2.24, 2.45) is 0 Å². The average Bonchev–Trinajstić information content (AvgIpc) is 2.54. The van der Waals surface area contributed by atoms with E-state index in [0.29, 0.717) is 5.75 Å². The number of thioether (sulfide) groups is 1. The van der Waals surface area contributed by atoms with Crippen LogP contribution in [0.2, 0.25) is 0 Å². The maximum atomic E-state index is 11.9. The van der Waals surface area contributed by atoms with E-state index in [2.05, 4.69) is 15.9 Å². The summed E-state index contributed by atoms with van der Waals surface area (Å²) in [7, 11) is 1.40. The van der Waals surface area contributed by atoms with Crippen LogP contribution in [0.4, 0.5) is 5.69 Å². The van der Waals surface area contributed by atoms with Gasteiger partial charge in [0.25, 0.3) is 0 Å². The number of nitro groups is 1. The van der Waals surface area contributed by atoms with Gasteiger partial charge in [-0.1, -0.05) is 15.9 Å². The number of carbonyl (C=O) groups excluding carboxylic acids is 1. The number of hydrogen-bond donors (Lipinski definition) is 0. The van der Waals surface area contributed by atoms with Gasteiger partial charge in [-0.15, -0.1) is 11.8 Å². The summed E-state index contributed by atoms with van der Waals surface area (Å²) >= 11 is 4.62. The van der Waals surface area contributed by atoms with Crippen molar-refractivity contribution in [3.63, 3.8) is 0 Å². The molecule has 0 aliphatic carbocycles. The van der Waals surface area contributed by atoms with Gasteiger partial charge < -0.3 is 9.47 Å². The highest BCUT2D eigenvalue weighted by atomic mass is 79.9. The van der Waals surface area contributed by atoms with Gasteiger partial charge in [0.15, 0.2) is 0 Å². The fourth-order valence-electron chi connectivity index (χ4n) is 1.68. The molecule has 0 aliphatic heterocycles. The summed E-state index contributed by atoms with van der Waals surface area (Å²) in [4.78, 5) is 23.2. The third-order valence-corrected chi connectivity index (χ3v) is 4.27. The van der Waals surface area contributed by atoms with Gasteiger partial charge in [0.1, 0.15) is 5.75 Å². The molecule has 2 aromatic rings. The molecule has 0 unspecified atom stereocenters. The Kier molecular flexibility index (Phi) is 6.00. The smallest absolute Gasteiger partial charge is 0.321 e. The summed E-state index contributed by atoms with van der Waals surface area (Å²) < 4.78 is 11.0. The number of nitrogens with zero attached hydrogens (tertiary/aromatic N) is 1. The van der Waals surface area contributed by atoms with Gasteiger partial charge in [-0.25, -0.2) is 0 Å². The van der Waals surface area contributed by atoms with Crippen molar-refractivity contribution in [3.05, 3.63) is 57.1 Å². The molecule has 0 bridgehead atoms. The first-order valence-electron chi connectivity index (χ1n) is 6.41. The zero-order chi connectivity index (χ0) is 16.8. The number of benzene rings is 2. The minimum atomic E-state index is -0.618. The van der Waals surface area contributed by atoms with Crippen molar-refractivity contribution >= 4 is 39.3 Å². The van der Waals surface area contributed by atoms with Crippen molar-refractivity contribution in [1.82, 2.24) is 0 Å². The van der Waals surface area contributed by atoms with Crippen LogP contribution < -0.4 is 9.47 Å². The first-order chi connectivity index (χ1) is 11.0. The van der Waals surface area contributed by atoms with Crippen LogP contribution >= 0.6 is 27.7 Å². The minimum Gasteiger partial charge on any atom is -0.496 e. The molecular formula is C15H12BrNO5S. The van der Waals surface area contributed by atoms with Crippen molar-refractivity contribution < 1.29 is 19.2 Å². The van der Waals surface area contributed by atoms with E-state index in [1.54, 1.807) is 0 Å². The number of ether oxygens (including phenoxy) is 2. The van der Waals surface area contributed by atoms with E-state index in [0.717, 1.165) is 9.37 Å². The van der Waals surface area contributed by atoms with Gasteiger partial charge in [0.2, 0.25) is 5.75 Å². The van der Waals surface area contributed by atoms with Crippen LogP contribution in [0.5, 0.6) is 11.5 Å². The standard InChI is InChI=1S/C15H12BrNO5S/c1-21-11-4-7-14(13(8-11)17(19)20)22-15(18)9-23-12-5-2-10(16)3-6-12/h2-8H,9H2,1H3. The minimum absolute atomic E-state index is 0.0464. The third kappa shape index (κ3) is 4.97. The fraction of sp³-hybridized carbons (Fsp3) is 0.133. The zero-order valence-electron chi connectivity index (χ0n) is 12.0. The maximum absolute atomic E-state index is 11.9. The fourth-order valence-corrected chi connectivity index (χ4v) is 2.61. The summed E-state index contributed by atoms with van der Waals surface area (Å²) in [5.74, 6) is -0.297. The van der Waals surface area contributed by atoms with Gasteiger partial charge >= 0.3 is 11.7 Å². The van der Waals surface area contributed by atoms with Crippen LogP contribution in [-0.4, -0.2) is 23.8 Å². The first-order valence-corrected chi connectivity index (χ1v) is 8.19. The Balaban J connectivity index is 2.02. The number of methoxy groups -OCH3 is 1. The van der Waals surface area contributed by atoms with E-state index in [-0.39, 0.29) is 17.2 Å². The quantitative estimate of drug-likeness (QED) is 0.240. The monoisotopic (exact) mass is 397 g/mol. The SMILES string of the molecule is COc1ccc(OC(=O)CSc2ccc(Br)cc2)c([N+](=O)[O-])c1. The Hall–Kier alpha value is -2.06. The van der Waals surface area contributed by atoms with Crippen molar-refractivity contribution in [3.8, 4) is 11.5 Å². The van der Waals surface area contributed by atoms with Gasteiger partial charge in [-0.3, -0.25) is 14.9 Å². The second-order valence-corrected chi connectivity index (χ2v) is 6.27. The molecule has 2 aromatic carbocycles. The first kappa shape index (κ1) is 17.3. The maximum Gasteiger partial charge on any atom is 0.321 e. The highest BCUT2D eigenvalue weighted by Gasteiger charge is 2.19. The predicted molar refractivity (Wildman–Crippen MR) is 90.1 cm³/mol. The lowest BCUT2D eigenvalue weighted by molar-refractivity contribution is -0.385. The second-order valence-electron chi connectivity index (χ2n) is 4.31. The largest absolute Gasteiger partial charge is 0.496 e. The van der Waals surface area contributed by atoms with Gasteiger partial charge in [0, 0.05) is 9.37 Å². The molecule has 0 saturated heterocycles. The van der Waals surface area contributed by atoms with Crippen LogP contribution in [-0.2, 0) is 4.79 Å². The molecule has 0 saturated carbocycles. The Morgan fingerprint density at radius 2 is 1.96 bits per heavy atom. The van der Waals surface area contributed by atoms with Crippen LogP contribution in [0.25, 0.3) is 0 Å². The molecular weight excluding hydrogens is 386 g/mol. The van der Waals surface area contributed by atoms with E-state index in [1.807, 2.05) is 24.3 Å². The average molecular weight is 398 g/mol. The van der Waals surface area contributed by atoms with Crippen molar-refractivity contribution in [2.75, 3.05) is 12.9 Å². The van der Waals surface area contributed by atoms with Crippen LogP contribution in [0.3, 0.4) is 0 Å². The highest BCUT2D eigenvalue weighted by molar-refractivity contribution is 9.10. The lowest BCUT2D eigenvalue weighted by Gasteiger charge is -2.06. The zero-order valence-corrected chi connectivity index (χ0v) is 14.4. The van der Waals surface area contributed by atoms with E-state index in [1.165, 1.54) is 37.1 Å².